The minimum absolute atomic E-state index is 0.000645. The number of benzene rings is 3. The van der Waals surface area contributed by atoms with Gasteiger partial charge in [0.1, 0.15) is 6.04 Å². The van der Waals surface area contributed by atoms with Gasteiger partial charge < -0.3 is 10.2 Å². The summed E-state index contributed by atoms with van der Waals surface area (Å²) in [5.74, 6) is -0.322. The zero-order chi connectivity index (χ0) is 24.5. The predicted molar refractivity (Wildman–Crippen MR) is 139 cm³/mol. The van der Waals surface area contributed by atoms with Gasteiger partial charge in [-0.3, -0.25) is 9.59 Å². The zero-order valence-electron chi connectivity index (χ0n) is 19.5. The number of carbonyl (C=O) groups is 2. The second-order valence-corrected chi connectivity index (χ2v) is 9.28. The highest BCUT2D eigenvalue weighted by atomic mass is 35.5. The average molecular weight is 497 g/mol. The van der Waals surface area contributed by atoms with E-state index >= 15 is 0 Å². The summed E-state index contributed by atoms with van der Waals surface area (Å²) in [4.78, 5) is 28.8. The van der Waals surface area contributed by atoms with Gasteiger partial charge in [0.2, 0.25) is 11.8 Å². The number of hydrogen-bond acceptors (Lipinski definition) is 2. The first kappa shape index (κ1) is 25.8. The summed E-state index contributed by atoms with van der Waals surface area (Å²) >= 11 is 12.5. The molecule has 0 aliphatic heterocycles. The number of rotatable bonds is 10. The summed E-state index contributed by atoms with van der Waals surface area (Å²) in [6, 6.07) is 23.7. The number of nitrogens with zero attached hydrogens (tertiary/aromatic N) is 1. The third-order valence-corrected chi connectivity index (χ3v) is 6.46. The molecule has 0 heterocycles. The maximum Gasteiger partial charge on any atom is 0.243 e. The Bertz CT molecular complexity index is 1090. The second-order valence-electron chi connectivity index (χ2n) is 8.44. The van der Waals surface area contributed by atoms with E-state index in [9.17, 15) is 9.59 Å². The molecule has 6 heteroatoms. The fraction of sp³-hybridized carbons (Fsp3) is 0.286. The monoisotopic (exact) mass is 496 g/mol. The maximum atomic E-state index is 13.7. The summed E-state index contributed by atoms with van der Waals surface area (Å²) < 4.78 is 0. The second kappa shape index (κ2) is 12.6. The molecule has 0 aliphatic rings. The van der Waals surface area contributed by atoms with E-state index in [1.807, 2.05) is 74.5 Å². The van der Waals surface area contributed by atoms with Gasteiger partial charge in [-0.15, -0.1) is 0 Å². The van der Waals surface area contributed by atoms with E-state index in [0.29, 0.717) is 16.5 Å². The lowest BCUT2D eigenvalue weighted by Gasteiger charge is -2.32. The lowest BCUT2D eigenvalue weighted by Crippen LogP contribution is -2.52. The molecule has 0 spiro atoms. The van der Waals surface area contributed by atoms with E-state index in [4.69, 9.17) is 23.2 Å². The van der Waals surface area contributed by atoms with Crippen molar-refractivity contribution in [1.82, 2.24) is 10.2 Å². The first-order valence-corrected chi connectivity index (χ1v) is 12.2. The summed E-state index contributed by atoms with van der Waals surface area (Å²) in [6.45, 7) is 4.22. The van der Waals surface area contributed by atoms with Crippen LogP contribution in [0.4, 0.5) is 0 Å². The smallest absolute Gasteiger partial charge is 0.243 e. The quantitative estimate of drug-likeness (QED) is 0.369. The molecule has 2 amide bonds. The summed E-state index contributed by atoms with van der Waals surface area (Å²) in [5, 5.41) is 4.25. The van der Waals surface area contributed by atoms with E-state index in [0.717, 1.165) is 23.1 Å². The van der Waals surface area contributed by atoms with Crippen molar-refractivity contribution in [2.75, 3.05) is 0 Å². The van der Waals surface area contributed by atoms with Gasteiger partial charge in [0.05, 0.1) is 6.42 Å². The predicted octanol–water partition coefficient (Wildman–Crippen LogP) is 6.09. The van der Waals surface area contributed by atoms with Crippen molar-refractivity contribution in [1.29, 1.82) is 0 Å². The molecule has 0 radical (unpaired) electrons. The van der Waals surface area contributed by atoms with E-state index < -0.39 is 6.04 Å². The fourth-order valence-corrected chi connectivity index (χ4v) is 4.01. The van der Waals surface area contributed by atoms with Crippen molar-refractivity contribution in [3.05, 3.63) is 106 Å². The van der Waals surface area contributed by atoms with E-state index in [1.165, 1.54) is 0 Å². The van der Waals surface area contributed by atoms with Crippen molar-refractivity contribution in [3.63, 3.8) is 0 Å². The van der Waals surface area contributed by atoms with Gasteiger partial charge in [0.15, 0.2) is 0 Å². The Balaban J connectivity index is 1.97. The van der Waals surface area contributed by atoms with Crippen LogP contribution in [0.15, 0.2) is 78.9 Å². The molecule has 0 saturated carbocycles. The van der Waals surface area contributed by atoms with E-state index in [1.54, 1.807) is 23.1 Å². The van der Waals surface area contributed by atoms with Crippen LogP contribution < -0.4 is 5.32 Å². The highest BCUT2D eigenvalue weighted by Crippen LogP contribution is 2.22. The molecule has 0 bridgehead atoms. The highest BCUT2D eigenvalue weighted by molar-refractivity contribution is 6.31. The SMILES string of the molecule is CC[C@@H](C)NC(=O)[C@H](Cc1ccccc1)N(Cc1ccccc1Cl)C(=O)Cc1ccc(Cl)cc1. The molecule has 0 fully saturated rings. The van der Waals surface area contributed by atoms with Crippen molar-refractivity contribution in [2.45, 2.75) is 51.7 Å². The standard InChI is InChI=1S/C28H30Cl2N2O2/c1-3-20(2)31-28(34)26(17-21-9-5-4-6-10-21)32(19-23-11-7-8-12-25(23)30)27(33)18-22-13-15-24(29)16-14-22/h4-16,20,26H,3,17-19H2,1-2H3,(H,31,34)/t20-,26+/m1/s1. The zero-order valence-corrected chi connectivity index (χ0v) is 21.0. The Morgan fingerprint density at radius 3 is 2.18 bits per heavy atom. The van der Waals surface area contributed by atoms with Gasteiger partial charge in [-0.2, -0.15) is 0 Å². The van der Waals surface area contributed by atoms with Crippen LogP contribution in [0.1, 0.15) is 37.0 Å². The molecular formula is C28H30Cl2N2O2. The van der Waals surface area contributed by atoms with Crippen molar-refractivity contribution < 1.29 is 9.59 Å². The Labute approximate surface area is 211 Å². The van der Waals surface area contributed by atoms with Gasteiger partial charge in [0.25, 0.3) is 0 Å². The molecule has 3 rings (SSSR count). The Morgan fingerprint density at radius 2 is 1.53 bits per heavy atom. The first-order chi connectivity index (χ1) is 16.4. The molecular weight excluding hydrogens is 467 g/mol. The van der Waals surface area contributed by atoms with Crippen molar-refractivity contribution >= 4 is 35.0 Å². The molecule has 3 aromatic rings. The minimum Gasteiger partial charge on any atom is -0.352 e. The molecule has 0 unspecified atom stereocenters. The molecule has 0 saturated heterocycles. The van der Waals surface area contributed by atoms with Gasteiger partial charge in [-0.1, -0.05) is 90.8 Å². The number of halogens is 2. The number of nitrogens with one attached hydrogen (secondary N) is 1. The summed E-state index contributed by atoms with van der Waals surface area (Å²) in [7, 11) is 0. The van der Waals surface area contributed by atoms with Crippen LogP contribution in [0.5, 0.6) is 0 Å². The topological polar surface area (TPSA) is 49.4 Å². The van der Waals surface area contributed by atoms with E-state index in [2.05, 4.69) is 5.32 Å². The van der Waals surface area contributed by atoms with E-state index in [-0.39, 0.29) is 30.8 Å². The minimum atomic E-state index is -0.688. The van der Waals surface area contributed by atoms with Crippen molar-refractivity contribution in [3.8, 4) is 0 Å². The third kappa shape index (κ3) is 7.34. The van der Waals surface area contributed by atoms with Crippen LogP contribution in [-0.2, 0) is 29.0 Å². The average Bonchev–Trinajstić information content (AvgIpc) is 2.84. The van der Waals surface area contributed by atoms with Crippen LogP contribution in [0.3, 0.4) is 0 Å². The summed E-state index contributed by atoms with van der Waals surface area (Å²) in [5.41, 5.74) is 2.61. The van der Waals surface area contributed by atoms with Gasteiger partial charge in [-0.05, 0) is 48.2 Å². The molecule has 178 valence electrons. The summed E-state index contributed by atoms with van der Waals surface area (Å²) in [6.07, 6.45) is 1.36. The molecule has 0 aliphatic carbocycles. The van der Waals surface area contributed by atoms with Crippen molar-refractivity contribution in [2.24, 2.45) is 0 Å². The van der Waals surface area contributed by atoms with Crippen LogP contribution in [-0.4, -0.2) is 28.8 Å². The number of hydrogen-bond donors (Lipinski definition) is 1. The number of amides is 2. The Hall–Kier alpha value is -2.82. The Morgan fingerprint density at radius 1 is 0.882 bits per heavy atom. The molecule has 0 aromatic heterocycles. The number of carbonyl (C=O) groups excluding carboxylic acids is 2. The van der Waals surface area contributed by atoms with Crippen LogP contribution >= 0.6 is 23.2 Å². The van der Waals surface area contributed by atoms with Gasteiger partial charge in [-0.25, -0.2) is 0 Å². The lowest BCUT2D eigenvalue weighted by molar-refractivity contribution is -0.141. The molecule has 4 nitrogen and oxygen atoms in total. The largest absolute Gasteiger partial charge is 0.352 e. The Kier molecular flexibility index (Phi) is 9.55. The highest BCUT2D eigenvalue weighted by Gasteiger charge is 2.31. The molecule has 1 N–H and O–H groups in total. The maximum absolute atomic E-state index is 13.7. The van der Waals surface area contributed by atoms with Gasteiger partial charge in [0, 0.05) is 29.1 Å². The first-order valence-electron chi connectivity index (χ1n) is 11.5. The fourth-order valence-electron chi connectivity index (χ4n) is 3.68. The van der Waals surface area contributed by atoms with Crippen LogP contribution in [0.25, 0.3) is 0 Å². The normalized spacial score (nSPS) is 12.6. The third-order valence-electron chi connectivity index (χ3n) is 5.84. The molecule has 3 aromatic carbocycles. The molecule has 34 heavy (non-hydrogen) atoms. The van der Waals surface area contributed by atoms with Crippen LogP contribution in [0.2, 0.25) is 10.0 Å². The lowest BCUT2D eigenvalue weighted by atomic mass is 10.0. The molecule has 2 atom stereocenters. The van der Waals surface area contributed by atoms with Gasteiger partial charge >= 0.3 is 0 Å². The van der Waals surface area contributed by atoms with Crippen LogP contribution in [0, 0.1) is 0 Å².